The predicted molar refractivity (Wildman–Crippen MR) is 116 cm³/mol. The Kier molecular flexibility index (Phi) is 4.02. The van der Waals surface area contributed by atoms with Gasteiger partial charge in [-0.25, -0.2) is 4.98 Å². The van der Waals surface area contributed by atoms with Crippen LogP contribution in [0.3, 0.4) is 0 Å². The number of ether oxygens (including phenoxy) is 1. The van der Waals surface area contributed by atoms with Crippen LogP contribution in [0.2, 0.25) is 0 Å². The summed E-state index contributed by atoms with van der Waals surface area (Å²) in [5.41, 5.74) is 3.67. The smallest absolute Gasteiger partial charge is 0.227 e. The van der Waals surface area contributed by atoms with Gasteiger partial charge in [0, 0.05) is 11.6 Å². The molecule has 0 bridgehead atoms. The Bertz CT molecular complexity index is 1280. The van der Waals surface area contributed by atoms with Gasteiger partial charge in [-0.15, -0.1) is 0 Å². The van der Waals surface area contributed by atoms with E-state index in [1.165, 1.54) is 27.5 Å². The molecule has 28 heavy (non-hydrogen) atoms. The van der Waals surface area contributed by atoms with E-state index in [1.807, 2.05) is 42.6 Å². The first-order valence-electron chi connectivity index (χ1n) is 9.40. The van der Waals surface area contributed by atoms with Crippen LogP contribution in [0.4, 0.5) is 0 Å². The number of para-hydroxylation sites is 1. The maximum Gasteiger partial charge on any atom is 0.227 e. The van der Waals surface area contributed by atoms with Crippen LogP contribution >= 0.6 is 0 Å². The fraction of sp³-hybridized carbons (Fsp3) is 0.0385. The highest BCUT2D eigenvalue weighted by atomic mass is 16.5. The lowest BCUT2D eigenvalue weighted by Gasteiger charge is -2.13. The molecule has 1 aromatic heterocycles. The van der Waals surface area contributed by atoms with Crippen molar-refractivity contribution in [2.45, 2.75) is 6.92 Å². The maximum atomic E-state index is 6.08. The lowest BCUT2D eigenvalue weighted by atomic mass is 9.95. The molecule has 0 unspecified atom stereocenters. The van der Waals surface area contributed by atoms with Gasteiger partial charge >= 0.3 is 0 Å². The first-order chi connectivity index (χ1) is 13.8. The van der Waals surface area contributed by atoms with E-state index in [0.717, 1.165) is 16.5 Å². The summed E-state index contributed by atoms with van der Waals surface area (Å²) < 4.78 is 6.08. The van der Waals surface area contributed by atoms with Gasteiger partial charge in [0.25, 0.3) is 0 Å². The molecule has 0 amide bonds. The van der Waals surface area contributed by atoms with E-state index in [4.69, 9.17) is 4.74 Å². The quantitative estimate of drug-likeness (QED) is 0.318. The van der Waals surface area contributed by atoms with Crippen LogP contribution in [0.25, 0.3) is 32.7 Å². The Morgan fingerprint density at radius 2 is 1.32 bits per heavy atom. The second-order valence-corrected chi connectivity index (χ2v) is 6.95. The predicted octanol–water partition coefficient (Wildman–Crippen LogP) is 7.16. The summed E-state index contributed by atoms with van der Waals surface area (Å²) in [6.07, 6.45) is 1.82. The summed E-state index contributed by atoms with van der Waals surface area (Å²) >= 11 is 0. The molecule has 0 aliphatic rings. The van der Waals surface area contributed by atoms with E-state index in [0.29, 0.717) is 5.88 Å². The molecule has 0 fully saturated rings. The van der Waals surface area contributed by atoms with Gasteiger partial charge in [0.2, 0.25) is 5.88 Å². The number of fused-ring (bicyclic) bond motifs is 3. The van der Waals surface area contributed by atoms with Crippen molar-refractivity contribution in [1.29, 1.82) is 0 Å². The molecule has 0 radical (unpaired) electrons. The number of pyridine rings is 1. The zero-order valence-corrected chi connectivity index (χ0v) is 15.6. The number of benzene rings is 4. The third kappa shape index (κ3) is 2.89. The molecule has 5 rings (SSSR count). The van der Waals surface area contributed by atoms with Gasteiger partial charge in [-0.1, -0.05) is 60.7 Å². The van der Waals surface area contributed by atoms with Crippen LogP contribution in [-0.2, 0) is 0 Å². The van der Waals surface area contributed by atoms with Gasteiger partial charge in [-0.05, 0) is 70.1 Å². The number of hydrogen-bond acceptors (Lipinski definition) is 2. The molecule has 2 heteroatoms. The molecule has 4 aromatic carbocycles. The summed E-state index contributed by atoms with van der Waals surface area (Å²) in [6, 6.07) is 31.2. The summed E-state index contributed by atoms with van der Waals surface area (Å²) in [6.45, 7) is 2.15. The number of rotatable bonds is 3. The molecule has 0 N–H and O–H groups in total. The fourth-order valence-electron chi connectivity index (χ4n) is 3.72. The summed E-state index contributed by atoms with van der Waals surface area (Å²) in [5, 5.41) is 4.66. The highest BCUT2D eigenvalue weighted by Crippen LogP contribution is 2.36. The second kappa shape index (κ2) is 6.82. The summed E-state index contributed by atoms with van der Waals surface area (Å²) in [7, 11) is 0. The van der Waals surface area contributed by atoms with Crippen LogP contribution in [0.5, 0.6) is 11.6 Å². The summed E-state index contributed by atoms with van der Waals surface area (Å²) in [4.78, 5) is 4.49. The zero-order chi connectivity index (χ0) is 18.9. The van der Waals surface area contributed by atoms with Crippen molar-refractivity contribution in [2.24, 2.45) is 0 Å². The average Bonchev–Trinajstić information content (AvgIpc) is 2.76. The van der Waals surface area contributed by atoms with Crippen LogP contribution < -0.4 is 4.74 Å². The van der Waals surface area contributed by atoms with E-state index < -0.39 is 0 Å². The topological polar surface area (TPSA) is 22.1 Å². The highest BCUT2D eigenvalue weighted by Gasteiger charge is 2.11. The van der Waals surface area contributed by atoms with Crippen molar-refractivity contribution < 1.29 is 4.74 Å². The van der Waals surface area contributed by atoms with Crippen molar-refractivity contribution in [3.05, 3.63) is 103 Å². The maximum absolute atomic E-state index is 6.08. The molecule has 0 saturated heterocycles. The van der Waals surface area contributed by atoms with Crippen LogP contribution in [0, 0.1) is 6.92 Å². The summed E-state index contributed by atoms with van der Waals surface area (Å²) in [5.74, 6) is 1.43. The van der Waals surface area contributed by atoms with Gasteiger partial charge < -0.3 is 4.74 Å². The number of aromatic nitrogens is 1. The minimum atomic E-state index is 0.640. The van der Waals surface area contributed by atoms with Crippen molar-refractivity contribution in [1.82, 2.24) is 4.98 Å². The van der Waals surface area contributed by atoms with Crippen LogP contribution in [-0.4, -0.2) is 4.98 Å². The molecule has 0 atom stereocenters. The first-order valence-corrected chi connectivity index (χ1v) is 9.40. The third-order valence-corrected chi connectivity index (χ3v) is 5.11. The molecule has 0 spiro atoms. The molecule has 1 heterocycles. The molecule has 0 aliphatic carbocycles. The largest absolute Gasteiger partial charge is 0.438 e. The van der Waals surface area contributed by atoms with Crippen molar-refractivity contribution in [3.63, 3.8) is 0 Å². The Morgan fingerprint density at radius 3 is 2.11 bits per heavy atom. The van der Waals surface area contributed by atoms with E-state index >= 15 is 0 Å². The molecule has 2 nitrogen and oxygen atoms in total. The standard InChI is InChI=1S/C26H19NO/c1-18-16-25-23(14-15-27-26(25)28-21-10-6-3-7-11-21)22-13-12-20(17-24(18)22)19-8-4-2-5-9-19/h2-17H,1H3. The Hall–Kier alpha value is -3.65. The number of hydrogen-bond donors (Lipinski definition) is 0. The number of aryl methyl sites for hydroxylation is 1. The van der Waals surface area contributed by atoms with Gasteiger partial charge in [-0.3, -0.25) is 0 Å². The minimum absolute atomic E-state index is 0.640. The average molecular weight is 361 g/mol. The first kappa shape index (κ1) is 16.5. The zero-order valence-electron chi connectivity index (χ0n) is 15.6. The Balaban J connectivity index is 1.69. The van der Waals surface area contributed by atoms with Crippen molar-refractivity contribution in [3.8, 4) is 22.8 Å². The van der Waals surface area contributed by atoms with Crippen molar-refractivity contribution in [2.75, 3.05) is 0 Å². The van der Waals surface area contributed by atoms with Gasteiger partial charge in [0.05, 0.1) is 0 Å². The fourth-order valence-corrected chi connectivity index (χ4v) is 3.72. The lowest BCUT2D eigenvalue weighted by molar-refractivity contribution is 0.469. The van der Waals surface area contributed by atoms with E-state index in [9.17, 15) is 0 Å². The molecule has 134 valence electrons. The second-order valence-electron chi connectivity index (χ2n) is 6.95. The minimum Gasteiger partial charge on any atom is -0.438 e. The van der Waals surface area contributed by atoms with Crippen LogP contribution in [0.15, 0.2) is 97.2 Å². The third-order valence-electron chi connectivity index (χ3n) is 5.11. The molecule has 0 saturated carbocycles. The van der Waals surface area contributed by atoms with Crippen LogP contribution in [0.1, 0.15) is 5.56 Å². The normalized spacial score (nSPS) is 11.0. The van der Waals surface area contributed by atoms with E-state index in [-0.39, 0.29) is 0 Å². The van der Waals surface area contributed by atoms with Gasteiger partial charge in [-0.2, -0.15) is 0 Å². The van der Waals surface area contributed by atoms with E-state index in [2.05, 4.69) is 66.5 Å². The van der Waals surface area contributed by atoms with Gasteiger partial charge in [0.1, 0.15) is 5.75 Å². The van der Waals surface area contributed by atoms with Crippen molar-refractivity contribution >= 4 is 21.5 Å². The van der Waals surface area contributed by atoms with Gasteiger partial charge in [0.15, 0.2) is 0 Å². The molecular formula is C26H19NO. The van der Waals surface area contributed by atoms with E-state index in [1.54, 1.807) is 0 Å². The molecule has 0 aliphatic heterocycles. The highest BCUT2D eigenvalue weighted by molar-refractivity contribution is 6.11. The molecular weight excluding hydrogens is 342 g/mol. The SMILES string of the molecule is Cc1cc2c(Oc3ccccc3)nccc2c2ccc(-c3ccccc3)cc12. The number of nitrogens with zero attached hydrogens (tertiary/aromatic N) is 1. The Labute approximate surface area is 164 Å². The lowest BCUT2D eigenvalue weighted by Crippen LogP contribution is -1.91. The molecule has 5 aromatic rings. The monoisotopic (exact) mass is 361 g/mol. The Morgan fingerprint density at radius 1 is 0.607 bits per heavy atom.